The number of para-hydroxylation sites is 1. The van der Waals surface area contributed by atoms with E-state index in [1.54, 1.807) is 27.0 Å². The summed E-state index contributed by atoms with van der Waals surface area (Å²) >= 11 is 3.60. The number of carbonyl (C=O) groups is 1. The van der Waals surface area contributed by atoms with Gasteiger partial charge in [-0.05, 0) is 55.3 Å². The van der Waals surface area contributed by atoms with Crippen LogP contribution in [-0.2, 0) is 11.2 Å². The Kier molecular flexibility index (Phi) is 5.85. The van der Waals surface area contributed by atoms with Gasteiger partial charge in [0.15, 0.2) is 0 Å². The average Bonchev–Trinajstić information content (AvgIpc) is 3.11. The second-order valence-electron chi connectivity index (χ2n) is 8.73. The van der Waals surface area contributed by atoms with Gasteiger partial charge in [-0.3, -0.25) is 4.98 Å². The summed E-state index contributed by atoms with van der Waals surface area (Å²) in [4.78, 5) is 25.6. The number of carbonyl (C=O) groups excluding carboxylic acids is 1. The fourth-order valence-electron chi connectivity index (χ4n) is 3.61. The van der Waals surface area contributed by atoms with E-state index in [1.807, 2.05) is 30.3 Å². The van der Waals surface area contributed by atoms with Crippen molar-refractivity contribution in [2.75, 3.05) is 5.73 Å². The summed E-state index contributed by atoms with van der Waals surface area (Å²) in [5.74, 6) is 0.193. The molecule has 1 amide bonds. The second kappa shape index (κ2) is 9.42. The molecule has 0 aliphatic rings. The summed E-state index contributed by atoms with van der Waals surface area (Å²) < 4.78 is 25.4. The standard InChI is InChI=1S/C25H27BrN6O2/c1-5-8-17(31-24(33)34-25(2,3)4)13-32-21(26)19(20-22(27)29-14-30-23(20)32)16-11-15-9-6-7-10-18(15)28-12-16/h5-7,9-12,14,17H,1,8,13H2,2-4H3,(H,31,33)(H2,27,29,30)/t17-/m0/s1/i13D2. The van der Waals surface area contributed by atoms with Gasteiger partial charge in [0.25, 0.3) is 0 Å². The molecular weight excluding hydrogens is 496 g/mol. The molecule has 9 heteroatoms. The topological polar surface area (TPSA) is 108 Å². The molecule has 3 heterocycles. The molecule has 0 aliphatic carbocycles. The molecule has 0 saturated heterocycles. The monoisotopic (exact) mass is 524 g/mol. The predicted molar refractivity (Wildman–Crippen MR) is 138 cm³/mol. The Morgan fingerprint density at radius 3 is 2.85 bits per heavy atom. The Hall–Kier alpha value is -3.46. The number of aromatic nitrogens is 4. The maximum Gasteiger partial charge on any atom is 0.407 e. The summed E-state index contributed by atoms with van der Waals surface area (Å²) in [6, 6.07) is 8.61. The number of amides is 1. The van der Waals surface area contributed by atoms with Crippen molar-refractivity contribution >= 4 is 49.8 Å². The third-order valence-electron chi connectivity index (χ3n) is 4.98. The maximum absolute atomic E-state index is 12.6. The Morgan fingerprint density at radius 2 is 2.12 bits per heavy atom. The number of pyridine rings is 1. The smallest absolute Gasteiger partial charge is 0.407 e. The quantitative estimate of drug-likeness (QED) is 0.324. The van der Waals surface area contributed by atoms with Gasteiger partial charge in [0.2, 0.25) is 0 Å². The van der Waals surface area contributed by atoms with Gasteiger partial charge >= 0.3 is 6.09 Å². The van der Waals surface area contributed by atoms with Crippen LogP contribution in [0, 0.1) is 0 Å². The van der Waals surface area contributed by atoms with Crippen LogP contribution in [0.4, 0.5) is 10.6 Å². The maximum atomic E-state index is 12.6. The Balaban J connectivity index is 1.90. The largest absolute Gasteiger partial charge is 0.444 e. The molecule has 0 saturated carbocycles. The van der Waals surface area contributed by atoms with E-state index in [2.05, 4.69) is 42.8 Å². The highest BCUT2D eigenvalue weighted by atomic mass is 79.9. The van der Waals surface area contributed by atoms with E-state index in [-0.39, 0.29) is 17.9 Å². The van der Waals surface area contributed by atoms with Crippen LogP contribution in [-0.4, -0.2) is 37.3 Å². The lowest BCUT2D eigenvalue weighted by Crippen LogP contribution is -2.41. The molecule has 1 atom stereocenters. The Bertz CT molecular complexity index is 1460. The molecule has 4 rings (SSSR count). The minimum atomic E-state index is -2.18. The van der Waals surface area contributed by atoms with Gasteiger partial charge in [0, 0.05) is 29.2 Å². The number of hydrogen-bond acceptors (Lipinski definition) is 6. The van der Waals surface area contributed by atoms with Crippen molar-refractivity contribution in [3.8, 4) is 11.1 Å². The van der Waals surface area contributed by atoms with E-state index in [0.717, 1.165) is 10.9 Å². The van der Waals surface area contributed by atoms with Gasteiger partial charge < -0.3 is 20.4 Å². The van der Waals surface area contributed by atoms with E-state index in [0.29, 0.717) is 21.1 Å². The number of nitrogens with one attached hydrogen (secondary N) is 1. The first-order valence-electron chi connectivity index (χ1n) is 11.7. The van der Waals surface area contributed by atoms with Gasteiger partial charge in [-0.1, -0.05) is 24.3 Å². The number of fused-ring (bicyclic) bond motifs is 2. The molecule has 1 aromatic carbocycles. The Labute approximate surface area is 209 Å². The Morgan fingerprint density at radius 1 is 1.35 bits per heavy atom. The van der Waals surface area contributed by atoms with Crippen molar-refractivity contribution in [1.82, 2.24) is 24.8 Å². The van der Waals surface area contributed by atoms with Crippen LogP contribution in [0.15, 0.2) is 60.1 Å². The fourth-order valence-corrected chi connectivity index (χ4v) is 4.31. The number of ether oxygens (including phenoxy) is 1. The number of benzene rings is 1. The average molecular weight is 525 g/mol. The first-order chi connectivity index (χ1) is 16.9. The van der Waals surface area contributed by atoms with E-state index in [9.17, 15) is 4.79 Å². The van der Waals surface area contributed by atoms with E-state index < -0.39 is 24.2 Å². The van der Waals surface area contributed by atoms with Gasteiger partial charge in [-0.2, -0.15) is 0 Å². The zero-order chi connectivity index (χ0) is 26.3. The summed E-state index contributed by atoms with van der Waals surface area (Å²) in [6.45, 7) is 6.78. The summed E-state index contributed by atoms with van der Waals surface area (Å²) in [6.07, 6.45) is 3.92. The highest BCUT2D eigenvalue weighted by Crippen LogP contribution is 2.40. The number of alkyl carbamates (subject to hydrolysis) is 1. The molecule has 0 aliphatic heterocycles. The van der Waals surface area contributed by atoms with Gasteiger partial charge in [0.1, 0.15) is 23.4 Å². The molecule has 34 heavy (non-hydrogen) atoms. The third kappa shape index (κ3) is 4.89. The molecule has 4 aromatic rings. The number of halogens is 1. The van der Waals surface area contributed by atoms with Crippen molar-refractivity contribution in [3.63, 3.8) is 0 Å². The van der Waals surface area contributed by atoms with Gasteiger partial charge in [-0.15, -0.1) is 6.58 Å². The van der Waals surface area contributed by atoms with Crippen LogP contribution in [0.3, 0.4) is 0 Å². The van der Waals surface area contributed by atoms with Gasteiger partial charge in [-0.25, -0.2) is 14.8 Å². The lowest BCUT2D eigenvalue weighted by molar-refractivity contribution is 0.0500. The van der Waals surface area contributed by atoms with E-state index in [4.69, 9.17) is 13.2 Å². The zero-order valence-electron chi connectivity index (χ0n) is 21.2. The van der Waals surface area contributed by atoms with Crippen molar-refractivity contribution in [2.45, 2.75) is 45.3 Å². The number of nitrogens with zero attached hydrogens (tertiary/aromatic N) is 4. The molecule has 3 N–H and O–H groups in total. The van der Waals surface area contributed by atoms with Crippen LogP contribution in [0.25, 0.3) is 33.1 Å². The summed E-state index contributed by atoms with van der Waals surface area (Å²) in [7, 11) is 0. The second-order valence-corrected chi connectivity index (χ2v) is 9.48. The SMILES string of the molecule is [2H]C([2H])([C@H](CC=C)NC(=O)OC(C)(C)C)n1c(Br)c(-c2cnc3ccccc3c2)c2c(N)ncnc21. The van der Waals surface area contributed by atoms with Crippen molar-refractivity contribution in [2.24, 2.45) is 0 Å². The lowest BCUT2D eigenvalue weighted by Gasteiger charge is -2.24. The first-order valence-corrected chi connectivity index (χ1v) is 11.5. The van der Waals surface area contributed by atoms with Crippen LogP contribution in [0.1, 0.15) is 29.9 Å². The van der Waals surface area contributed by atoms with Crippen LogP contribution >= 0.6 is 15.9 Å². The molecule has 0 unspecified atom stereocenters. The summed E-state index contributed by atoms with van der Waals surface area (Å²) in [5.41, 5.74) is 7.94. The molecule has 0 spiro atoms. The first kappa shape index (κ1) is 21.1. The fraction of sp³-hybridized carbons (Fsp3) is 0.280. The summed E-state index contributed by atoms with van der Waals surface area (Å²) in [5, 5.41) is 4.04. The van der Waals surface area contributed by atoms with Crippen LogP contribution < -0.4 is 11.1 Å². The number of rotatable bonds is 6. The van der Waals surface area contributed by atoms with Gasteiger partial charge in [0.05, 0.1) is 24.3 Å². The molecule has 176 valence electrons. The highest BCUT2D eigenvalue weighted by Gasteiger charge is 2.25. The molecule has 0 bridgehead atoms. The third-order valence-corrected chi connectivity index (χ3v) is 5.73. The van der Waals surface area contributed by atoms with E-state index >= 15 is 0 Å². The number of nitrogens with two attached hydrogens (primary N) is 1. The van der Waals surface area contributed by atoms with E-state index in [1.165, 1.54) is 17.0 Å². The van der Waals surface area contributed by atoms with Crippen molar-refractivity contribution in [3.05, 3.63) is 60.1 Å². The minimum Gasteiger partial charge on any atom is -0.444 e. The molecular formula is C25H27BrN6O2. The molecule has 0 radical (unpaired) electrons. The van der Waals surface area contributed by atoms with Crippen molar-refractivity contribution in [1.29, 1.82) is 0 Å². The lowest BCUT2D eigenvalue weighted by atomic mass is 10.1. The normalized spacial score (nSPS) is 13.9. The number of nitrogen functional groups attached to an aromatic ring is 1. The van der Waals surface area contributed by atoms with Crippen molar-refractivity contribution < 1.29 is 12.3 Å². The number of anilines is 1. The zero-order valence-corrected chi connectivity index (χ0v) is 20.8. The van der Waals surface area contributed by atoms with Crippen LogP contribution in [0.2, 0.25) is 0 Å². The highest BCUT2D eigenvalue weighted by molar-refractivity contribution is 9.10. The molecule has 0 fully saturated rings. The number of hydrogen-bond donors (Lipinski definition) is 2. The molecule has 3 aromatic heterocycles. The van der Waals surface area contributed by atoms with Crippen LogP contribution in [0.5, 0.6) is 0 Å². The minimum absolute atomic E-state index is 0.131. The predicted octanol–water partition coefficient (Wildman–Crippen LogP) is 5.46. The molecule has 8 nitrogen and oxygen atoms in total.